The Morgan fingerprint density at radius 1 is 1.67 bits per heavy atom. The second-order valence-corrected chi connectivity index (χ2v) is 2.73. The minimum absolute atomic E-state index is 0.0880. The lowest BCUT2D eigenvalue weighted by molar-refractivity contribution is -0.112. The van der Waals surface area contributed by atoms with E-state index in [9.17, 15) is 9.00 Å². The second-order valence-electron chi connectivity index (χ2n) is 1.17. The van der Waals surface area contributed by atoms with Gasteiger partial charge in [-0.15, -0.1) is 0 Å². The highest BCUT2D eigenvalue weighted by atomic mass is 32.2. The molecular weight excluding hydrogens is 100 g/mol. The van der Waals surface area contributed by atoms with Crippen LogP contribution in [0.5, 0.6) is 0 Å². The molecule has 1 fully saturated rings. The van der Waals surface area contributed by atoms with E-state index >= 15 is 0 Å². The van der Waals surface area contributed by atoms with E-state index in [0.717, 1.165) is 0 Å². The fourth-order valence-corrected chi connectivity index (χ4v) is 0.806. The fourth-order valence-electron chi connectivity index (χ4n) is 0.269. The molecule has 0 spiro atoms. The van der Waals surface area contributed by atoms with Crippen LogP contribution in [-0.2, 0) is 15.6 Å². The van der Waals surface area contributed by atoms with Crippen LogP contribution in [-0.4, -0.2) is 15.1 Å². The van der Waals surface area contributed by atoms with Gasteiger partial charge in [0.1, 0.15) is 0 Å². The van der Waals surface area contributed by atoms with Gasteiger partial charge in [-0.1, -0.05) is 0 Å². The smallest absolute Gasteiger partial charge is 0.219 e. The van der Waals surface area contributed by atoms with Gasteiger partial charge in [0.15, 0.2) is 0 Å². The van der Waals surface area contributed by atoms with Gasteiger partial charge in [-0.25, -0.2) is 0 Å². The molecule has 0 aromatic heterocycles. The Morgan fingerprint density at radius 3 is 2.17 bits per heavy atom. The second kappa shape index (κ2) is 1.15. The van der Waals surface area contributed by atoms with Crippen LogP contribution in [0.4, 0.5) is 0 Å². The summed E-state index contributed by atoms with van der Waals surface area (Å²) < 4.78 is 9.99. The lowest BCUT2D eigenvalue weighted by Crippen LogP contribution is -2.23. The Kier molecular flexibility index (Phi) is 0.765. The standard InChI is InChI=1S/C3H4O2S/c4-3-1-2-6(3)5/h1-2H2. The first-order chi connectivity index (χ1) is 2.80. The van der Waals surface area contributed by atoms with E-state index in [2.05, 4.69) is 0 Å². The van der Waals surface area contributed by atoms with Crippen LogP contribution in [0.25, 0.3) is 0 Å². The van der Waals surface area contributed by atoms with E-state index in [0.29, 0.717) is 12.2 Å². The van der Waals surface area contributed by atoms with E-state index in [-0.39, 0.29) is 5.12 Å². The van der Waals surface area contributed by atoms with Gasteiger partial charge in [-0.05, 0) is 0 Å². The molecule has 2 nitrogen and oxygen atoms in total. The molecule has 0 radical (unpaired) electrons. The van der Waals surface area contributed by atoms with Crippen LogP contribution in [0.1, 0.15) is 6.42 Å². The molecule has 0 aromatic carbocycles. The molecule has 0 aliphatic carbocycles. The zero-order chi connectivity index (χ0) is 4.57. The van der Waals surface area contributed by atoms with Gasteiger partial charge in [0, 0.05) is 12.2 Å². The molecule has 1 aliphatic rings. The summed E-state index contributed by atoms with van der Waals surface area (Å²) in [6, 6.07) is 0. The highest BCUT2D eigenvalue weighted by molar-refractivity contribution is 8.02. The molecule has 34 valence electrons. The third-order valence-corrected chi connectivity index (χ3v) is 2.03. The SMILES string of the molecule is O=C1CCS1=O. The van der Waals surface area contributed by atoms with E-state index < -0.39 is 10.8 Å². The van der Waals surface area contributed by atoms with Gasteiger partial charge in [-0.3, -0.25) is 9.00 Å². The van der Waals surface area contributed by atoms with Crippen LogP contribution in [0.2, 0.25) is 0 Å². The average molecular weight is 104 g/mol. The summed E-state index contributed by atoms with van der Waals surface area (Å²) >= 11 is 0. The summed E-state index contributed by atoms with van der Waals surface area (Å²) in [5.74, 6) is 0.596. The van der Waals surface area contributed by atoms with Crippen molar-refractivity contribution in [2.45, 2.75) is 6.42 Å². The average Bonchev–Trinajstić information content (AvgIpc) is 1.61. The predicted octanol–water partition coefficient (Wildman–Crippen LogP) is -0.335. The molecule has 3 heteroatoms. The fraction of sp³-hybridized carbons (Fsp3) is 0.667. The van der Waals surface area contributed by atoms with Crippen molar-refractivity contribution in [2.24, 2.45) is 0 Å². The van der Waals surface area contributed by atoms with E-state index in [4.69, 9.17) is 0 Å². The normalized spacial score (nSPS) is 32.7. The van der Waals surface area contributed by atoms with Crippen molar-refractivity contribution < 1.29 is 9.00 Å². The van der Waals surface area contributed by atoms with Gasteiger partial charge in [-0.2, -0.15) is 0 Å². The first-order valence-electron chi connectivity index (χ1n) is 1.72. The number of carbonyl (C=O) groups is 1. The van der Waals surface area contributed by atoms with Gasteiger partial charge < -0.3 is 0 Å². The molecule has 0 saturated carbocycles. The largest absolute Gasteiger partial charge is 0.284 e. The molecule has 6 heavy (non-hydrogen) atoms. The summed E-state index contributed by atoms with van der Waals surface area (Å²) in [6.07, 6.45) is 0.534. The first-order valence-corrected chi connectivity index (χ1v) is 3.04. The molecule has 1 unspecified atom stereocenters. The molecule has 0 N–H and O–H groups in total. The summed E-state index contributed by atoms with van der Waals surface area (Å²) in [6.45, 7) is 0. The maximum absolute atomic E-state index is 9.99. The molecule has 0 amide bonds. The summed E-state index contributed by atoms with van der Waals surface area (Å²) in [7, 11) is -1.08. The Bertz CT molecular complexity index is 93.4. The van der Waals surface area contributed by atoms with Crippen LogP contribution in [0.3, 0.4) is 0 Å². The van der Waals surface area contributed by atoms with Gasteiger partial charge in [0.05, 0.1) is 10.8 Å². The molecular formula is C3H4O2S. The van der Waals surface area contributed by atoms with Crippen molar-refractivity contribution in [3.05, 3.63) is 0 Å². The molecule has 1 aliphatic heterocycles. The van der Waals surface area contributed by atoms with Crippen LogP contribution in [0.15, 0.2) is 0 Å². The van der Waals surface area contributed by atoms with Crippen molar-refractivity contribution in [1.82, 2.24) is 0 Å². The van der Waals surface area contributed by atoms with Crippen LogP contribution < -0.4 is 0 Å². The van der Waals surface area contributed by atoms with Crippen molar-refractivity contribution in [2.75, 3.05) is 5.75 Å². The van der Waals surface area contributed by atoms with Gasteiger partial charge in [0.2, 0.25) is 5.12 Å². The topological polar surface area (TPSA) is 34.1 Å². The Balaban J connectivity index is 2.61. The van der Waals surface area contributed by atoms with E-state index in [1.165, 1.54) is 0 Å². The summed E-state index contributed by atoms with van der Waals surface area (Å²) in [5, 5.41) is -0.0880. The zero-order valence-corrected chi connectivity index (χ0v) is 3.96. The molecule has 1 rings (SSSR count). The molecule has 0 aromatic rings. The molecule has 0 bridgehead atoms. The van der Waals surface area contributed by atoms with Crippen molar-refractivity contribution in [3.63, 3.8) is 0 Å². The minimum atomic E-state index is -1.08. The maximum atomic E-state index is 9.99. The quantitative estimate of drug-likeness (QED) is 0.421. The monoisotopic (exact) mass is 104 g/mol. The van der Waals surface area contributed by atoms with Gasteiger partial charge >= 0.3 is 0 Å². The third-order valence-electron chi connectivity index (χ3n) is 0.746. The number of carbonyl (C=O) groups excluding carboxylic acids is 1. The van der Waals surface area contributed by atoms with Crippen molar-refractivity contribution >= 4 is 15.9 Å². The number of rotatable bonds is 0. The highest BCUT2D eigenvalue weighted by Crippen LogP contribution is 2.03. The third kappa shape index (κ3) is 0.391. The predicted molar refractivity (Wildman–Crippen MR) is 22.6 cm³/mol. The first kappa shape index (κ1) is 3.99. The zero-order valence-electron chi connectivity index (χ0n) is 3.14. The molecule has 1 saturated heterocycles. The summed E-state index contributed by atoms with van der Waals surface area (Å²) in [5.41, 5.74) is 0. The molecule has 1 heterocycles. The van der Waals surface area contributed by atoms with Crippen LogP contribution in [0, 0.1) is 0 Å². The maximum Gasteiger partial charge on any atom is 0.219 e. The van der Waals surface area contributed by atoms with E-state index in [1.54, 1.807) is 0 Å². The Hall–Kier alpha value is -0.180. The van der Waals surface area contributed by atoms with Crippen molar-refractivity contribution in [1.29, 1.82) is 0 Å². The number of hydrogen-bond donors (Lipinski definition) is 0. The van der Waals surface area contributed by atoms with E-state index in [1.807, 2.05) is 0 Å². The number of hydrogen-bond acceptors (Lipinski definition) is 2. The highest BCUT2D eigenvalue weighted by Gasteiger charge is 2.21. The minimum Gasteiger partial charge on any atom is -0.284 e. The van der Waals surface area contributed by atoms with Gasteiger partial charge in [0.25, 0.3) is 0 Å². The lowest BCUT2D eigenvalue weighted by atomic mass is 10.5. The Labute approximate surface area is 38.0 Å². The van der Waals surface area contributed by atoms with Crippen molar-refractivity contribution in [3.8, 4) is 0 Å². The summed E-state index contributed by atoms with van der Waals surface area (Å²) in [4.78, 5) is 9.93. The van der Waals surface area contributed by atoms with Crippen LogP contribution >= 0.6 is 0 Å². The lowest BCUT2D eigenvalue weighted by Gasteiger charge is -2.05. The molecule has 1 atom stereocenters. The Morgan fingerprint density at radius 2 is 2.17 bits per heavy atom.